The second kappa shape index (κ2) is 6.76. The van der Waals surface area contributed by atoms with Gasteiger partial charge in [-0.05, 0) is 18.6 Å². The van der Waals surface area contributed by atoms with Crippen molar-refractivity contribution in [2.75, 3.05) is 5.75 Å². The number of para-hydroxylation sites is 1. The molecule has 0 amide bonds. The highest BCUT2D eigenvalue weighted by Crippen LogP contribution is 2.27. The molecule has 0 radical (unpaired) electrons. The zero-order valence-electron chi connectivity index (χ0n) is 10.9. The first-order valence-corrected chi connectivity index (χ1v) is 7.53. The summed E-state index contributed by atoms with van der Waals surface area (Å²) in [6.45, 7) is 2.05. The van der Waals surface area contributed by atoms with Crippen molar-refractivity contribution in [1.82, 2.24) is 14.8 Å². The van der Waals surface area contributed by atoms with Gasteiger partial charge in [-0.2, -0.15) is 0 Å². The Hall–Kier alpha value is -1.53. The highest BCUT2D eigenvalue weighted by atomic mass is 35.5. The summed E-state index contributed by atoms with van der Waals surface area (Å²) in [5, 5.41) is 18.1. The Morgan fingerprint density at radius 2 is 2.15 bits per heavy atom. The summed E-state index contributed by atoms with van der Waals surface area (Å²) in [7, 11) is 0. The number of carboxylic acids is 1. The average molecular weight is 312 g/mol. The van der Waals surface area contributed by atoms with E-state index in [4.69, 9.17) is 16.7 Å². The predicted molar refractivity (Wildman–Crippen MR) is 78.7 cm³/mol. The van der Waals surface area contributed by atoms with E-state index in [0.717, 1.165) is 36.1 Å². The van der Waals surface area contributed by atoms with Gasteiger partial charge in [0.1, 0.15) is 5.82 Å². The van der Waals surface area contributed by atoms with Crippen LogP contribution in [0.5, 0.6) is 0 Å². The number of benzene rings is 1. The van der Waals surface area contributed by atoms with E-state index in [1.807, 2.05) is 22.8 Å². The SMILES string of the molecule is CCCc1nnc(SCC(=O)O)n1-c1ccccc1Cl. The second-order valence-corrected chi connectivity index (χ2v) is 5.47. The number of carboxylic acid groups (broad SMARTS) is 1. The van der Waals surface area contributed by atoms with Gasteiger partial charge < -0.3 is 5.11 Å². The minimum atomic E-state index is -0.888. The molecule has 1 aromatic carbocycles. The van der Waals surface area contributed by atoms with Gasteiger partial charge in [-0.25, -0.2) is 0 Å². The summed E-state index contributed by atoms with van der Waals surface area (Å²) >= 11 is 7.36. The first kappa shape index (κ1) is 14.9. The van der Waals surface area contributed by atoms with Gasteiger partial charge in [-0.3, -0.25) is 9.36 Å². The van der Waals surface area contributed by atoms with Crippen molar-refractivity contribution in [1.29, 1.82) is 0 Å². The van der Waals surface area contributed by atoms with Crippen LogP contribution in [0, 0.1) is 0 Å². The summed E-state index contributed by atoms with van der Waals surface area (Å²) < 4.78 is 1.83. The van der Waals surface area contributed by atoms with Gasteiger partial charge in [-0.15, -0.1) is 10.2 Å². The third-order valence-corrected chi connectivity index (χ3v) is 3.83. The number of hydrogen-bond donors (Lipinski definition) is 1. The lowest BCUT2D eigenvalue weighted by atomic mass is 10.3. The molecule has 0 unspecified atom stereocenters. The van der Waals surface area contributed by atoms with Crippen LogP contribution in [0.25, 0.3) is 5.69 Å². The Bertz CT molecular complexity index is 615. The van der Waals surface area contributed by atoms with Gasteiger partial charge in [-0.1, -0.05) is 42.4 Å². The van der Waals surface area contributed by atoms with Crippen molar-refractivity contribution in [3.8, 4) is 5.69 Å². The smallest absolute Gasteiger partial charge is 0.313 e. The van der Waals surface area contributed by atoms with Crippen LogP contribution in [-0.4, -0.2) is 31.6 Å². The molecule has 0 aliphatic rings. The van der Waals surface area contributed by atoms with E-state index < -0.39 is 5.97 Å². The molecular weight excluding hydrogens is 298 g/mol. The third-order valence-electron chi connectivity index (χ3n) is 2.59. The molecule has 0 bridgehead atoms. The molecule has 20 heavy (non-hydrogen) atoms. The van der Waals surface area contributed by atoms with Gasteiger partial charge in [0.05, 0.1) is 16.5 Å². The molecule has 0 atom stereocenters. The Morgan fingerprint density at radius 3 is 2.80 bits per heavy atom. The molecule has 0 fully saturated rings. The first-order valence-electron chi connectivity index (χ1n) is 6.17. The third kappa shape index (κ3) is 3.32. The van der Waals surface area contributed by atoms with Crippen LogP contribution in [0.4, 0.5) is 0 Å². The summed E-state index contributed by atoms with van der Waals surface area (Å²) in [6, 6.07) is 7.39. The Kier molecular flexibility index (Phi) is 5.03. The largest absolute Gasteiger partial charge is 0.481 e. The molecule has 5 nitrogen and oxygen atoms in total. The fourth-order valence-corrected chi connectivity index (χ4v) is 2.68. The maximum Gasteiger partial charge on any atom is 0.313 e. The Labute approximate surface area is 126 Å². The van der Waals surface area contributed by atoms with E-state index in [9.17, 15) is 4.79 Å². The zero-order chi connectivity index (χ0) is 14.5. The summed E-state index contributed by atoms with van der Waals surface area (Å²) in [6.07, 6.45) is 1.68. The van der Waals surface area contributed by atoms with Crippen LogP contribution in [-0.2, 0) is 11.2 Å². The maximum atomic E-state index is 10.7. The van der Waals surface area contributed by atoms with Gasteiger partial charge in [0.25, 0.3) is 0 Å². The number of aryl methyl sites for hydroxylation is 1. The summed E-state index contributed by atoms with van der Waals surface area (Å²) in [4.78, 5) is 10.7. The molecule has 106 valence electrons. The van der Waals surface area contributed by atoms with E-state index in [2.05, 4.69) is 17.1 Å². The number of aliphatic carboxylic acids is 1. The lowest BCUT2D eigenvalue weighted by Gasteiger charge is -2.10. The molecule has 7 heteroatoms. The molecule has 0 spiro atoms. The first-order chi connectivity index (χ1) is 9.63. The number of thioether (sulfide) groups is 1. The van der Waals surface area contributed by atoms with Crippen molar-refractivity contribution in [3.63, 3.8) is 0 Å². The second-order valence-electron chi connectivity index (χ2n) is 4.12. The normalized spacial score (nSPS) is 10.7. The minimum absolute atomic E-state index is 0.0608. The fourth-order valence-electron chi connectivity index (χ4n) is 1.78. The molecule has 1 heterocycles. The molecule has 0 saturated carbocycles. The quantitative estimate of drug-likeness (QED) is 0.830. The standard InChI is InChI=1S/C13H14ClN3O2S/c1-2-5-11-15-16-13(20-8-12(18)19)17(11)10-7-4-3-6-9(10)14/h3-4,6-7H,2,5,8H2,1H3,(H,18,19). The van der Waals surface area contributed by atoms with Crippen molar-refractivity contribution in [2.45, 2.75) is 24.9 Å². The predicted octanol–water partition coefficient (Wildman–Crippen LogP) is 3.05. The van der Waals surface area contributed by atoms with Crippen molar-refractivity contribution < 1.29 is 9.90 Å². The van der Waals surface area contributed by atoms with Crippen LogP contribution in [0.1, 0.15) is 19.2 Å². The topological polar surface area (TPSA) is 68.0 Å². The molecule has 2 aromatic rings. The van der Waals surface area contributed by atoms with Crippen LogP contribution >= 0.6 is 23.4 Å². The zero-order valence-corrected chi connectivity index (χ0v) is 12.5. The van der Waals surface area contributed by atoms with E-state index in [1.165, 1.54) is 0 Å². The average Bonchev–Trinajstić information content (AvgIpc) is 2.80. The Morgan fingerprint density at radius 1 is 1.40 bits per heavy atom. The highest BCUT2D eigenvalue weighted by Gasteiger charge is 2.16. The monoisotopic (exact) mass is 311 g/mol. The van der Waals surface area contributed by atoms with Crippen molar-refractivity contribution in [2.24, 2.45) is 0 Å². The number of nitrogens with zero attached hydrogens (tertiary/aromatic N) is 3. The van der Waals surface area contributed by atoms with Crippen LogP contribution in [0.15, 0.2) is 29.4 Å². The molecule has 1 N–H and O–H groups in total. The lowest BCUT2D eigenvalue weighted by Crippen LogP contribution is -2.05. The number of carbonyl (C=O) groups is 1. The lowest BCUT2D eigenvalue weighted by molar-refractivity contribution is -0.133. The van der Waals surface area contributed by atoms with Gasteiger partial charge in [0.2, 0.25) is 0 Å². The van der Waals surface area contributed by atoms with E-state index >= 15 is 0 Å². The number of aromatic nitrogens is 3. The molecule has 1 aromatic heterocycles. The van der Waals surface area contributed by atoms with Gasteiger partial charge >= 0.3 is 5.97 Å². The summed E-state index contributed by atoms with van der Waals surface area (Å²) in [5.74, 6) is -0.163. The van der Waals surface area contributed by atoms with Crippen molar-refractivity contribution >= 4 is 29.3 Å². The van der Waals surface area contributed by atoms with Crippen LogP contribution in [0.2, 0.25) is 5.02 Å². The van der Waals surface area contributed by atoms with Crippen molar-refractivity contribution in [3.05, 3.63) is 35.1 Å². The fraction of sp³-hybridized carbons (Fsp3) is 0.308. The Balaban J connectivity index is 2.44. The van der Waals surface area contributed by atoms with E-state index in [1.54, 1.807) is 6.07 Å². The minimum Gasteiger partial charge on any atom is -0.481 e. The van der Waals surface area contributed by atoms with Gasteiger partial charge in [0, 0.05) is 6.42 Å². The molecule has 0 saturated heterocycles. The van der Waals surface area contributed by atoms with Gasteiger partial charge in [0.15, 0.2) is 5.16 Å². The molecule has 0 aliphatic heterocycles. The number of hydrogen-bond acceptors (Lipinski definition) is 4. The number of halogens is 1. The van der Waals surface area contributed by atoms with E-state index in [0.29, 0.717) is 10.2 Å². The van der Waals surface area contributed by atoms with E-state index in [-0.39, 0.29) is 5.75 Å². The summed E-state index contributed by atoms with van der Waals surface area (Å²) in [5.41, 5.74) is 0.774. The maximum absolute atomic E-state index is 10.7. The van der Waals surface area contributed by atoms with Crippen LogP contribution in [0.3, 0.4) is 0 Å². The highest BCUT2D eigenvalue weighted by molar-refractivity contribution is 7.99. The molecule has 0 aliphatic carbocycles. The van der Waals surface area contributed by atoms with Crippen LogP contribution < -0.4 is 0 Å². The molecular formula is C13H14ClN3O2S. The molecule has 2 rings (SSSR count). The number of rotatable bonds is 6.